The van der Waals surface area contributed by atoms with Crippen LogP contribution in [-0.2, 0) is 23.8 Å². The molecule has 0 saturated carbocycles. The Bertz CT molecular complexity index is 721. The van der Waals surface area contributed by atoms with Crippen LogP contribution in [0.25, 0.3) is 0 Å². The third kappa shape index (κ3) is 5.27. The molecule has 1 saturated heterocycles. The molecule has 0 radical (unpaired) electrons. The van der Waals surface area contributed by atoms with Gasteiger partial charge in [-0.25, -0.2) is 4.79 Å². The normalized spacial score (nSPS) is 24.6. The van der Waals surface area contributed by atoms with Crippen molar-refractivity contribution in [3.05, 3.63) is 22.7 Å². The van der Waals surface area contributed by atoms with Gasteiger partial charge in [-0.1, -0.05) is 13.8 Å². The summed E-state index contributed by atoms with van der Waals surface area (Å²) in [6.45, 7) is 3.44. The minimum absolute atomic E-state index is 0.0275. The number of hydrogen-bond acceptors (Lipinski definition) is 9. The van der Waals surface area contributed by atoms with Gasteiger partial charge in [0.1, 0.15) is 24.6 Å². The first-order chi connectivity index (χ1) is 12.9. The van der Waals surface area contributed by atoms with Gasteiger partial charge in [0.25, 0.3) is 0 Å². The molecular formula is C17H25N3O7. The van der Waals surface area contributed by atoms with E-state index in [1.807, 2.05) is 13.8 Å². The number of esters is 2. The summed E-state index contributed by atoms with van der Waals surface area (Å²) < 4.78 is 17.2. The van der Waals surface area contributed by atoms with Crippen LogP contribution in [0.3, 0.4) is 0 Å². The van der Waals surface area contributed by atoms with Crippen LogP contribution in [0.15, 0.2) is 17.1 Å². The van der Waals surface area contributed by atoms with Gasteiger partial charge in [0, 0.05) is 19.0 Å². The fourth-order valence-electron chi connectivity index (χ4n) is 2.71. The minimum atomic E-state index is -1.34. The summed E-state index contributed by atoms with van der Waals surface area (Å²) in [6, 6.07) is 1.38. The van der Waals surface area contributed by atoms with Crippen molar-refractivity contribution in [2.24, 2.45) is 0 Å². The van der Waals surface area contributed by atoms with E-state index in [1.54, 1.807) is 0 Å². The second-order valence-electron chi connectivity index (χ2n) is 6.24. The maximum Gasteiger partial charge on any atom is 0.351 e. The molecule has 2 rings (SSSR count). The first-order valence-corrected chi connectivity index (χ1v) is 8.90. The average Bonchev–Trinajstić information content (AvgIpc) is 2.90. The fraction of sp³-hybridized carbons (Fsp3) is 0.647. The smallest absolute Gasteiger partial charge is 0.351 e. The monoisotopic (exact) mass is 383 g/mol. The van der Waals surface area contributed by atoms with Crippen LogP contribution in [-0.4, -0.2) is 51.5 Å². The Morgan fingerprint density at radius 2 is 1.96 bits per heavy atom. The van der Waals surface area contributed by atoms with Gasteiger partial charge in [-0.3, -0.25) is 14.2 Å². The Hall–Kier alpha value is -2.46. The van der Waals surface area contributed by atoms with Gasteiger partial charge in [-0.05, 0) is 18.9 Å². The second kappa shape index (κ2) is 9.47. The second-order valence-corrected chi connectivity index (χ2v) is 6.24. The number of nitrogens with two attached hydrogens (primary N) is 1. The molecule has 4 atom stereocenters. The van der Waals surface area contributed by atoms with Gasteiger partial charge in [0.2, 0.25) is 0 Å². The van der Waals surface area contributed by atoms with Gasteiger partial charge in [0.15, 0.2) is 12.3 Å². The molecule has 10 heteroatoms. The highest BCUT2D eigenvalue weighted by atomic mass is 16.6. The number of ether oxygens (including phenoxy) is 3. The summed E-state index contributed by atoms with van der Waals surface area (Å²) in [7, 11) is 0. The SMILES string of the molecule is CCCC(=O)OC[C@H]1O[C@@H](n2ccc(N)nc2=O)[C@@H](O)[C@@H]1OC(=O)CCC. The predicted octanol–water partition coefficient (Wildman–Crippen LogP) is 0.139. The van der Waals surface area contributed by atoms with Crippen LogP contribution in [0.1, 0.15) is 45.8 Å². The molecule has 0 spiro atoms. The Morgan fingerprint density at radius 1 is 1.30 bits per heavy atom. The van der Waals surface area contributed by atoms with Gasteiger partial charge in [0.05, 0.1) is 0 Å². The molecule has 1 aliphatic heterocycles. The molecular weight excluding hydrogens is 358 g/mol. The number of nitrogen functional groups attached to an aromatic ring is 1. The lowest BCUT2D eigenvalue weighted by Crippen LogP contribution is -2.39. The number of carbonyl (C=O) groups is 2. The zero-order chi connectivity index (χ0) is 20.0. The van der Waals surface area contributed by atoms with Crippen molar-refractivity contribution in [3.8, 4) is 0 Å². The highest BCUT2D eigenvalue weighted by Gasteiger charge is 2.48. The van der Waals surface area contributed by atoms with E-state index in [0.29, 0.717) is 12.8 Å². The lowest BCUT2D eigenvalue weighted by Gasteiger charge is -2.20. The van der Waals surface area contributed by atoms with E-state index in [9.17, 15) is 19.5 Å². The third-order valence-electron chi connectivity index (χ3n) is 4.02. The maximum atomic E-state index is 12.0. The van der Waals surface area contributed by atoms with Crippen LogP contribution in [0.2, 0.25) is 0 Å². The van der Waals surface area contributed by atoms with Gasteiger partial charge < -0.3 is 25.1 Å². The van der Waals surface area contributed by atoms with E-state index < -0.39 is 42.2 Å². The average molecular weight is 383 g/mol. The van der Waals surface area contributed by atoms with E-state index in [4.69, 9.17) is 19.9 Å². The largest absolute Gasteiger partial charge is 0.463 e. The van der Waals surface area contributed by atoms with Crippen molar-refractivity contribution in [1.29, 1.82) is 0 Å². The van der Waals surface area contributed by atoms with Crippen LogP contribution in [0.5, 0.6) is 0 Å². The van der Waals surface area contributed by atoms with Crippen molar-refractivity contribution in [3.63, 3.8) is 0 Å². The molecule has 2 heterocycles. The highest BCUT2D eigenvalue weighted by Crippen LogP contribution is 2.31. The summed E-state index contributed by atoms with van der Waals surface area (Å²) in [4.78, 5) is 39.2. The third-order valence-corrected chi connectivity index (χ3v) is 4.02. The number of aliphatic hydroxyl groups is 1. The fourth-order valence-corrected chi connectivity index (χ4v) is 2.71. The summed E-state index contributed by atoms with van der Waals surface area (Å²) >= 11 is 0. The van der Waals surface area contributed by atoms with Crippen molar-refractivity contribution in [2.75, 3.05) is 12.3 Å². The number of nitrogens with zero attached hydrogens (tertiary/aromatic N) is 2. The standard InChI is InChI=1S/C17H25N3O7/c1-3-5-12(21)25-9-10-15(27-13(22)6-4-2)14(23)16(26-10)20-8-7-11(18)19-17(20)24/h7-8,10,14-16,23H,3-6,9H2,1-2H3,(H2,18,19,24)/t10-,14+,15-,16-/m1/s1. The van der Waals surface area contributed by atoms with Gasteiger partial charge >= 0.3 is 17.6 Å². The molecule has 150 valence electrons. The zero-order valence-corrected chi connectivity index (χ0v) is 15.4. The van der Waals surface area contributed by atoms with Crippen molar-refractivity contribution in [1.82, 2.24) is 9.55 Å². The first kappa shape index (κ1) is 20.8. The topological polar surface area (TPSA) is 143 Å². The summed E-state index contributed by atoms with van der Waals surface area (Å²) in [5.41, 5.74) is 4.75. The van der Waals surface area contributed by atoms with E-state index in [-0.39, 0.29) is 25.3 Å². The number of hydrogen-bond donors (Lipinski definition) is 2. The molecule has 1 aromatic rings. The molecule has 0 amide bonds. The molecule has 1 fully saturated rings. The molecule has 27 heavy (non-hydrogen) atoms. The van der Waals surface area contributed by atoms with Gasteiger partial charge in [-0.15, -0.1) is 0 Å². The quantitative estimate of drug-likeness (QED) is 0.599. The zero-order valence-electron chi connectivity index (χ0n) is 15.4. The van der Waals surface area contributed by atoms with Crippen LogP contribution in [0.4, 0.5) is 5.82 Å². The minimum Gasteiger partial charge on any atom is -0.463 e. The van der Waals surface area contributed by atoms with Crippen LogP contribution >= 0.6 is 0 Å². The highest BCUT2D eigenvalue weighted by molar-refractivity contribution is 5.70. The van der Waals surface area contributed by atoms with E-state index in [2.05, 4.69) is 4.98 Å². The summed E-state index contributed by atoms with van der Waals surface area (Å²) in [6.07, 6.45) is -1.58. The summed E-state index contributed by atoms with van der Waals surface area (Å²) in [5, 5.41) is 10.6. The van der Waals surface area contributed by atoms with Crippen molar-refractivity contribution in [2.45, 2.75) is 64.1 Å². The number of anilines is 1. The maximum absolute atomic E-state index is 12.0. The number of aliphatic hydroxyl groups excluding tert-OH is 1. The Labute approximate surface area is 156 Å². The molecule has 1 aromatic heterocycles. The predicted molar refractivity (Wildman–Crippen MR) is 93.5 cm³/mol. The number of carbonyl (C=O) groups excluding carboxylic acids is 2. The Balaban J connectivity index is 2.19. The molecule has 10 nitrogen and oxygen atoms in total. The molecule has 0 aliphatic carbocycles. The molecule has 3 N–H and O–H groups in total. The molecule has 0 unspecified atom stereocenters. The van der Waals surface area contributed by atoms with Crippen molar-refractivity contribution < 1.29 is 28.9 Å². The Kier molecular flexibility index (Phi) is 7.31. The number of rotatable bonds is 8. The van der Waals surface area contributed by atoms with E-state index in [1.165, 1.54) is 12.3 Å². The summed E-state index contributed by atoms with van der Waals surface area (Å²) in [5.74, 6) is -0.915. The Morgan fingerprint density at radius 3 is 2.59 bits per heavy atom. The van der Waals surface area contributed by atoms with Crippen LogP contribution in [0, 0.1) is 0 Å². The number of aromatic nitrogens is 2. The first-order valence-electron chi connectivity index (χ1n) is 8.90. The lowest BCUT2D eigenvalue weighted by atomic mass is 10.1. The van der Waals surface area contributed by atoms with Gasteiger partial charge in [-0.2, -0.15) is 4.98 Å². The van der Waals surface area contributed by atoms with E-state index in [0.717, 1.165) is 4.57 Å². The lowest BCUT2D eigenvalue weighted by molar-refractivity contribution is -0.160. The van der Waals surface area contributed by atoms with Crippen molar-refractivity contribution >= 4 is 17.8 Å². The molecule has 0 aromatic carbocycles. The molecule has 1 aliphatic rings. The van der Waals surface area contributed by atoms with E-state index >= 15 is 0 Å². The van der Waals surface area contributed by atoms with Crippen LogP contribution < -0.4 is 11.4 Å². The molecule has 0 bridgehead atoms.